The third-order valence-electron chi connectivity index (χ3n) is 2.99. The molecule has 2 heterocycles. The van der Waals surface area contributed by atoms with E-state index in [4.69, 9.17) is 9.88 Å². The van der Waals surface area contributed by atoms with Gasteiger partial charge in [0.25, 0.3) is 5.91 Å². The van der Waals surface area contributed by atoms with Crippen LogP contribution in [0.5, 0.6) is 5.75 Å². The summed E-state index contributed by atoms with van der Waals surface area (Å²) in [5.41, 5.74) is 0.772. The summed E-state index contributed by atoms with van der Waals surface area (Å²) in [5, 5.41) is 13.0. The third kappa shape index (κ3) is 2.73. The van der Waals surface area contributed by atoms with Crippen LogP contribution in [-0.2, 0) is 10.0 Å². The Bertz CT molecular complexity index is 789. The molecule has 0 spiro atoms. The van der Waals surface area contributed by atoms with E-state index < -0.39 is 22.0 Å². The van der Waals surface area contributed by atoms with Crippen LogP contribution in [0, 0.1) is 0 Å². The SMILES string of the molecule is NS(=O)(=O)c1ccc2c(c1)C(NC(=O)c1csnn1)CO2. The standard InChI is InChI=1S/C11H10N4O4S2/c12-21(17,18)6-1-2-10-7(3-6)8(4-19-10)13-11(16)9-5-20-15-14-9/h1-3,5,8H,4H2,(H,13,16)(H2,12,17,18). The van der Waals surface area contributed by atoms with Crippen LogP contribution in [0.3, 0.4) is 0 Å². The molecule has 1 aliphatic heterocycles. The lowest BCUT2D eigenvalue weighted by Crippen LogP contribution is -2.29. The summed E-state index contributed by atoms with van der Waals surface area (Å²) in [7, 11) is -3.81. The molecule has 0 saturated carbocycles. The highest BCUT2D eigenvalue weighted by Crippen LogP contribution is 2.33. The molecule has 0 bridgehead atoms. The zero-order valence-corrected chi connectivity index (χ0v) is 12.1. The van der Waals surface area contributed by atoms with Crippen LogP contribution in [0.1, 0.15) is 22.1 Å². The highest BCUT2D eigenvalue weighted by Gasteiger charge is 2.28. The van der Waals surface area contributed by atoms with Crippen molar-refractivity contribution in [2.24, 2.45) is 5.14 Å². The van der Waals surface area contributed by atoms with Gasteiger partial charge in [-0.3, -0.25) is 4.79 Å². The maximum atomic E-state index is 11.9. The topological polar surface area (TPSA) is 124 Å². The van der Waals surface area contributed by atoms with Gasteiger partial charge in [0.1, 0.15) is 12.4 Å². The number of fused-ring (bicyclic) bond motifs is 1. The summed E-state index contributed by atoms with van der Waals surface area (Å²) in [4.78, 5) is 11.9. The quantitative estimate of drug-likeness (QED) is 0.821. The number of ether oxygens (including phenoxy) is 1. The number of nitrogens with one attached hydrogen (secondary N) is 1. The molecule has 0 saturated heterocycles. The van der Waals surface area contributed by atoms with E-state index in [1.807, 2.05) is 0 Å². The molecule has 2 aromatic rings. The fourth-order valence-electron chi connectivity index (χ4n) is 1.99. The van der Waals surface area contributed by atoms with E-state index in [9.17, 15) is 13.2 Å². The fraction of sp³-hybridized carbons (Fsp3) is 0.182. The monoisotopic (exact) mass is 326 g/mol. The average Bonchev–Trinajstić information content (AvgIpc) is 3.07. The van der Waals surface area contributed by atoms with Gasteiger partial charge in [-0.05, 0) is 29.7 Å². The lowest BCUT2D eigenvalue weighted by molar-refractivity contribution is 0.0925. The summed E-state index contributed by atoms with van der Waals surface area (Å²) in [6.45, 7) is 0.215. The molecule has 1 aromatic carbocycles. The Morgan fingerprint density at radius 2 is 2.29 bits per heavy atom. The lowest BCUT2D eigenvalue weighted by Gasteiger charge is -2.10. The smallest absolute Gasteiger partial charge is 0.273 e. The Hall–Kier alpha value is -2.04. The Balaban J connectivity index is 1.87. The van der Waals surface area contributed by atoms with E-state index in [2.05, 4.69) is 14.9 Å². The summed E-state index contributed by atoms with van der Waals surface area (Å²) < 4.78 is 31.8. The number of carbonyl (C=O) groups is 1. The van der Waals surface area contributed by atoms with E-state index in [1.54, 1.807) is 0 Å². The molecule has 1 atom stereocenters. The molecule has 1 unspecified atom stereocenters. The van der Waals surface area contributed by atoms with E-state index in [0.717, 1.165) is 11.5 Å². The zero-order valence-electron chi connectivity index (χ0n) is 10.5. The highest BCUT2D eigenvalue weighted by atomic mass is 32.2. The van der Waals surface area contributed by atoms with Crippen LogP contribution in [0.2, 0.25) is 0 Å². The second-order valence-electron chi connectivity index (χ2n) is 4.37. The van der Waals surface area contributed by atoms with Gasteiger partial charge in [-0.15, -0.1) is 5.10 Å². The number of aromatic nitrogens is 2. The highest BCUT2D eigenvalue weighted by molar-refractivity contribution is 7.89. The van der Waals surface area contributed by atoms with Crippen molar-refractivity contribution in [2.45, 2.75) is 10.9 Å². The molecule has 110 valence electrons. The molecule has 3 N–H and O–H groups in total. The maximum Gasteiger partial charge on any atom is 0.273 e. The van der Waals surface area contributed by atoms with Crippen LogP contribution in [0.15, 0.2) is 28.5 Å². The normalized spacial score (nSPS) is 17.1. The van der Waals surface area contributed by atoms with Gasteiger partial charge in [-0.1, -0.05) is 4.49 Å². The van der Waals surface area contributed by atoms with Crippen molar-refractivity contribution >= 4 is 27.5 Å². The Morgan fingerprint density at radius 3 is 2.95 bits per heavy atom. The second kappa shape index (κ2) is 5.06. The number of nitrogens with zero attached hydrogens (tertiary/aromatic N) is 2. The van der Waals surface area contributed by atoms with Crippen molar-refractivity contribution in [1.29, 1.82) is 0 Å². The minimum absolute atomic E-state index is 0.0266. The number of hydrogen-bond donors (Lipinski definition) is 2. The number of carbonyl (C=O) groups excluding carboxylic acids is 1. The van der Waals surface area contributed by atoms with Crippen molar-refractivity contribution in [2.75, 3.05) is 6.61 Å². The van der Waals surface area contributed by atoms with Crippen molar-refractivity contribution < 1.29 is 17.9 Å². The van der Waals surface area contributed by atoms with Gasteiger partial charge in [0, 0.05) is 10.9 Å². The molecule has 3 rings (SSSR count). The second-order valence-corrected chi connectivity index (χ2v) is 6.54. The molecule has 1 aromatic heterocycles. The van der Waals surface area contributed by atoms with Gasteiger partial charge >= 0.3 is 0 Å². The van der Waals surface area contributed by atoms with Gasteiger partial charge in [-0.25, -0.2) is 13.6 Å². The van der Waals surface area contributed by atoms with E-state index >= 15 is 0 Å². The molecular formula is C11H10N4O4S2. The van der Waals surface area contributed by atoms with E-state index in [1.165, 1.54) is 23.6 Å². The predicted octanol–water partition coefficient (Wildman–Crippen LogP) is 0.0490. The molecule has 0 aliphatic carbocycles. The van der Waals surface area contributed by atoms with Crippen LogP contribution in [-0.4, -0.2) is 30.5 Å². The largest absolute Gasteiger partial charge is 0.491 e. The maximum absolute atomic E-state index is 11.9. The number of amides is 1. The fourth-order valence-corrected chi connectivity index (χ4v) is 2.97. The average molecular weight is 326 g/mol. The predicted molar refractivity (Wildman–Crippen MR) is 73.4 cm³/mol. The van der Waals surface area contributed by atoms with Gasteiger partial charge in [0.15, 0.2) is 5.69 Å². The number of nitrogens with two attached hydrogens (primary N) is 1. The van der Waals surface area contributed by atoms with Gasteiger partial charge in [0.2, 0.25) is 10.0 Å². The minimum atomic E-state index is -3.81. The van der Waals surface area contributed by atoms with Crippen molar-refractivity contribution in [3.05, 3.63) is 34.8 Å². The number of benzene rings is 1. The Kier molecular flexibility index (Phi) is 3.35. The van der Waals surface area contributed by atoms with Gasteiger partial charge in [-0.2, -0.15) is 0 Å². The van der Waals surface area contributed by atoms with Crippen molar-refractivity contribution in [3.8, 4) is 5.75 Å². The summed E-state index contributed by atoms with van der Waals surface area (Å²) in [6.07, 6.45) is 0. The van der Waals surface area contributed by atoms with Gasteiger partial charge in [0.05, 0.1) is 10.9 Å². The van der Waals surface area contributed by atoms with Crippen LogP contribution < -0.4 is 15.2 Å². The Labute approximate surface area is 124 Å². The van der Waals surface area contributed by atoms with Crippen LogP contribution >= 0.6 is 11.5 Å². The first-order valence-corrected chi connectivity index (χ1v) is 8.21. The lowest BCUT2D eigenvalue weighted by atomic mass is 10.1. The van der Waals surface area contributed by atoms with E-state index in [-0.39, 0.29) is 17.2 Å². The molecule has 10 heteroatoms. The first kappa shape index (κ1) is 13.9. The van der Waals surface area contributed by atoms with Gasteiger partial charge < -0.3 is 10.1 Å². The van der Waals surface area contributed by atoms with Crippen molar-refractivity contribution in [3.63, 3.8) is 0 Å². The molecular weight excluding hydrogens is 316 g/mol. The number of primary sulfonamides is 1. The van der Waals surface area contributed by atoms with E-state index in [0.29, 0.717) is 11.3 Å². The molecule has 1 amide bonds. The molecule has 21 heavy (non-hydrogen) atoms. The summed E-state index contributed by atoms with van der Waals surface area (Å²) >= 11 is 1.07. The first-order valence-electron chi connectivity index (χ1n) is 5.82. The molecule has 0 radical (unpaired) electrons. The zero-order chi connectivity index (χ0) is 15.0. The van der Waals surface area contributed by atoms with Crippen molar-refractivity contribution in [1.82, 2.24) is 14.9 Å². The summed E-state index contributed by atoms with van der Waals surface area (Å²) in [6, 6.07) is 3.83. The number of rotatable bonds is 3. The van der Waals surface area contributed by atoms with Crippen LogP contribution in [0.4, 0.5) is 0 Å². The van der Waals surface area contributed by atoms with Crippen LogP contribution in [0.25, 0.3) is 0 Å². The first-order chi connectivity index (χ1) is 9.95. The third-order valence-corrected chi connectivity index (χ3v) is 4.40. The molecule has 1 aliphatic rings. The number of hydrogen-bond acceptors (Lipinski definition) is 7. The molecule has 8 nitrogen and oxygen atoms in total. The number of sulfonamides is 1. The Morgan fingerprint density at radius 1 is 1.48 bits per heavy atom. The molecule has 0 fully saturated rings. The minimum Gasteiger partial charge on any atom is -0.491 e. The summed E-state index contributed by atoms with van der Waals surface area (Å²) in [5.74, 6) is 0.121.